The van der Waals surface area contributed by atoms with Crippen molar-refractivity contribution in [1.82, 2.24) is 0 Å². The van der Waals surface area contributed by atoms with E-state index < -0.39 is 5.97 Å². The number of rotatable bonds is 14. The van der Waals surface area contributed by atoms with Crippen LogP contribution in [0.1, 0.15) is 96.8 Å². The van der Waals surface area contributed by atoms with Gasteiger partial charge >= 0.3 is 5.97 Å². The van der Waals surface area contributed by atoms with E-state index in [1.807, 2.05) is 0 Å². The fourth-order valence-electron chi connectivity index (χ4n) is 2.76. The summed E-state index contributed by atoms with van der Waals surface area (Å²) in [5.74, 6) is -0.807. The summed E-state index contributed by atoms with van der Waals surface area (Å²) in [5, 5.41) is 25.8. The number of aromatic hydroxyl groups is 2. The van der Waals surface area contributed by atoms with Gasteiger partial charge in [-0.3, -0.25) is 4.79 Å². The van der Waals surface area contributed by atoms with Crippen molar-refractivity contribution in [3.8, 4) is 11.5 Å². The molecule has 0 saturated carbocycles. The Morgan fingerprint density at radius 3 is 1.35 bits per heavy atom. The number of hydrogen-bond acceptors (Lipinski definition) is 3. The van der Waals surface area contributed by atoms with E-state index in [1.54, 1.807) is 12.1 Å². The summed E-state index contributed by atoms with van der Waals surface area (Å²) in [6.07, 6.45) is 17.3. The average Bonchev–Trinajstić information content (AvgIpc) is 2.62. The molecule has 1 aromatic rings. The predicted molar refractivity (Wildman–Crippen MR) is 108 cm³/mol. The van der Waals surface area contributed by atoms with Gasteiger partial charge in [-0.2, -0.15) is 0 Å². The van der Waals surface area contributed by atoms with Gasteiger partial charge in [0.1, 0.15) is 0 Å². The molecule has 0 aliphatic rings. The number of carbonyl (C=O) groups is 1. The standard InChI is InChI=1S/C16H32O2.C6H6O2/c1-2-3-4-5-6-7-8-9-10-11-12-13-14-15-16(17)18;7-5-3-1-2-4-6(5)8/h2-15H2,1H3,(H,17,18);1-4,7-8H. The minimum atomic E-state index is -0.655. The highest BCUT2D eigenvalue weighted by Crippen LogP contribution is 2.21. The van der Waals surface area contributed by atoms with E-state index in [-0.39, 0.29) is 11.5 Å². The maximum atomic E-state index is 10.3. The minimum Gasteiger partial charge on any atom is -0.504 e. The minimum absolute atomic E-state index is 0.0764. The third kappa shape index (κ3) is 17.1. The normalized spacial score (nSPS) is 10.2. The molecule has 4 nitrogen and oxygen atoms in total. The molecule has 0 aromatic heterocycles. The molecule has 1 aromatic carbocycles. The lowest BCUT2D eigenvalue weighted by Crippen LogP contribution is -1.93. The Balaban J connectivity index is 0.000000642. The topological polar surface area (TPSA) is 77.8 Å². The van der Waals surface area contributed by atoms with E-state index in [0.29, 0.717) is 6.42 Å². The summed E-state index contributed by atoms with van der Waals surface area (Å²) < 4.78 is 0. The van der Waals surface area contributed by atoms with Crippen molar-refractivity contribution in [3.05, 3.63) is 24.3 Å². The van der Waals surface area contributed by atoms with Gasteiger partial charge in [0.05, 0.1) is 0 Å². The molecule has 0 atom stereocenters. The van der Waals surface area contributed by atoms with Crippen molar-refractivity contribution in [2.24, 2.45) is 0 Å². The summed E-state index contributed by atoms with van der Waals surface area (Å²) in [6, 6.07) is 6.15. The Bertz CT molecular complexity index is 425. The second-order valence-electron chi connectivity index (χ2n) is 6.88. The van der Waals surface area contributed by atoms with Gasteiger partial charge in [-0.1, -0.05) is 96.1 Å². The quantitative estimate of drug-likeness (QED) is 0.254. The summed E-state index contributed by atoms with van der Waals surface area (Å²) in [6.45, 7) is 2.26. The SMILES string of the molecule is CCCCCCCCCCCCCCCC(=O)O.Oc1ccccc1O. The molecule has 0 spiro atoms. The van der Waals surface area contributed by atoms with Crippen LogP contribution in [0.25, 0.3) is 0 Å². The molecule has 0 amide bonds. The first-order valence-corrected chi connectivity index (χ1v) is 10.3. The highest BCUT2D eigenvalue weighted by Gasteiger charge is 1.96. The molecule has 0 saturated heterocycles. The number of aliphatic carboxylic acids is 1. The van der Waals surface area contributed by atoms with Gasteiger partial charge in [-0.15, -0.1) is 0 Å². The Morgan fingerprint density at radius 1 is 0.692 bits per heavy atom. The highest BCUT2D eigenvalue weighted by molar-refractivity contribution is 5.66. The van der Waals surface area contributed by atoms with Crippen LogP contribution in [0.3, 0.4) is 0 Å². The molecule has 26 heavy (non-hydrogen) atoms. The number of hydrogen-bond donors (Lipinski definition) is 3. The molecule has 0 radical (unpaired) electrons. The van der Waals surface area contributed by atoms with Crippen LogP contribution in [0, 0.1) is 0 Å². The second kappa shape index (κ2) is 18.1. The van der Waals surface area contributed by atoms with Crippen LogP contribution in [0.15, 0.2) is 24.3 Å². The molecule has 0 unspecified atom stereocenters. The van der Waals surface area contributed by atoms with Crippen LogP contribution < -0.4 is 0 Å². The zero-order valence-corrected chi connectivity index (χ0v) is 16.5. The van der Waals surface area contributed by atoms with Crippen LogP contribution in [0.5, 0.6) is 11.5 Å². The molecular formula is C22H38O4. The first kappa shape index (κ1) is 24.3. The molecule has 0 fully saturated rings. The van der Waals surface area contributed by atoms with Crippen LogP contribution >= 0.6 is 0 Å². The zero-order valence-electron chi connectivity index (χ0n) is 16.5. The maximum Gasteiger partial charge on any atom is 0.303 e. The molecule has 0 aliphatic carbocycles. The number of phenols is 2. The molecule has 4 heteroatoms. The molecule has 0 heterocycles. The van der Waals surface area contributed by atoms with Crippen molar-refractivity contribution < 1.29 is 20.1 Å². The number of phenolic OH excluding ortho intramolecular Hbond substituents is 2. The van der Waals surface area contributed by atoms with Crippen molar-refractivity contribution in [3.63, 3.8) is 0 Å². The van der Waals surface area contributed by atoms with Crippen LogP contribution in [0.2, 0.25) is 0 Å². The van der Waals surface area contributed by atoms with E-state index in [2.05, 4.69) is 6.92 Å². The predicted octanol–water partition coefficient (Wildman–Crippen LogP) is 6.65. The highest BCUT2D eigenvalue weighted by atomic mass is 16.4. The van der Waals surface area contributed by atoms with Gasteiger partial charge in [0, 0.05) is 6.42 Å². The van der Waals surface area contributed by atoms with Crippen molar-refractivity contribution in [1.29, 1.82) is 0 Å². The Labute approximate surface area is 159 Å². The van der Waals surface area contributed by atoms with Gasteiger partial charge in [0.25, 0.3) is 0 Å². The molecule has 0 aliphatic heterocycles. The molecular weight excluding hydrogens is 328 g/mol. The number of carboxylic acids is 1. The number of benzene rings is 1. The monoisotopic (exact) mass is 366 g/mol. The first-order valence-electron chi connectivity index (χ1n) is 10.3. The van der Waals surface area contributed by atoms with E-state index >= 15 is 0 Å². The summed E-state index contributed by atoms with van der Waals surface area (Å²) >= 11 is 0. The molecule has 0 bridgehead atoms. The Morgan fingerprint density at radius 2 is 1.04 bits per heavy atom. The fourth-order valence-corrected chi connectivity index (χ4v) is 2.76. The van der Waals surface area contributed by atoms with Gasteiger partial charge in [0.15, 0.2) is 11.5 Å². The van der Waals surface area contributed by atoms with Gasteiger partial charge in [0.2, 0.25) is 0 Å². The Hall–Kier alpha value is -1.71. The summed E-state index contributed by atoms with van der Waals surface area (Å²) in [7, 11) is 0. The van der Waals surface area contributed by atoms with E-state index in [4.69, 9.17) is 15.3 Å². The second-order valence-corrected chi connectivity index (χ2v) is 6.88. The molecule has 1 rings (SSSR count). The van der Waals surface area contributed by atoms with E-state index in [0.717, 1.165) is 12.8 Å². The number of carboxylic acid groups (broad SMARTS) is 1. The van der Waals surface area contributed by atoms with E-state index in [1.165, 1.54) is 82.8 Å². The molecule has 150 valence electrons. The summed E-state index contributed by atoms with van der Waals surface area (Å²) in [5.41, 5.74) is 0. The van der Waals surface area contributed by atoms with Gasteiger partial charge in [-0.25, -0.2) is 0 Å². The number of unbranched alkanes of at least 4 members (excludes halogenated alkanes) is 12. The average molecular weight is 367 g/mol. The largest absolute Gasteiger partial charge is 0.504 e. The van der Waals surface area contributed by atoms with Crippen molar-refractivity contribution in [2.45, 2.75) is 96.8 Å². The smallest absolute Gasteiger partial charge is 0.303 e. The lowest BCUT2D eigenvalue weighted by atomic mass is 10.0. The summed E-state index contributed by atoms with van der Waals surface area (Å²) in [4.78, 5) is 10.3. The third-order valence-electron chi connectivity index (χ3n) is 4.38. The van der Waals surface area contributed by atoms with E-state index in [9.17, 15) is 4.79 Å². The van der Waals surface area contributed by atoms with Gasteiger partial charge < -0.3 is 15.3 Å². The number of para-hydroxylation sites is 2. The lowest BCUT2D eigenvalue weighted by Gasteiger charge is -2.02. The first-order chi connectivity index (χ1) is 12.6. The third-order valence-corrected chi connectivity index (χ3v) is 4.38. The van der Waals surface area contributed by atoms with Crippen LogP contribution in [-0.2, 0) is 4.79 Å². The van der Waals surface area contributed by atoms with Crippen molar-refractivity contribution >= 4 is 5.97 Å². The van der Waals surface area contributed by atoms with Gasteiger partial charge in [-0.05, 0) is 18.6 Å². The van der Waals surface area contributed by atoms with Crippen LogP contribution in [-0.4, -0.2) is 21.3 Å². The zero-order chi connectivity index (χ0) is 19.5. The fraction of sp³-hybridized carbons (Fsp3) is 0.682. The Kier molecular flexibility index (Phi) is 16.9. The van der Waals surface area contributed by atoms with Crippen molar-refractivity contribution in [2.75, 3.05) is 0 Å². The maximum absolute atomic E-state index is 10.3. The molecule has 3 N–H and O–H groups in total. The lowest BCUT2D eigenvalue weighted by molar-refractivity contribution is -0.137. The van der Waals surface area contributed by atoms with Crippen LogP contribution in [0.4, 0.5) is 0 Å².